The van der Waals surface area contributed by atoms with E-state index in [1.807, 2.05) is 12.1 Å². The smallest absolute Gasteiger partial charge is 0.177 e. The average Bonchev–Trinajstić information content (AvgIpc) is 2.86. The van der Waals surface area contributed by atoms with Crippen molar-refractivity contribution in [1.29, 1.82) is 0 Å². The fourth-order valence-electron chi connectivity index (χ4n) is 3.91. The largest absolute Gasteiger partial charge is 0.224 e. The lowest BCUT2D eigenvalue weighted by Crippen LogP contribution is -2.23. The maximum absolute atomic E-state index is 11.7. The number of carbonyl (C=O) groups excluding carboxylic acids is 1. The predicted molar refractivity (Wildman–Crippen MR) is 139 cm³/mol. The number of hydrogen-bond acceptors (Lipinski definition) is 1. The van der Waals surface area contributed by atoms with Gasteiger partial charge in [-0.25, -0.2) is 4.79 Å². The van der Waals surface area contributed by atoms with E-state index in [4.69, 9.17) is 0 Å². The summed E-state index contributed by atoms with van der Waals surface area (Å²) in [5, 5.41) is 5.08. The first-order valence-corrected chi connectivity index (χ1v) is 13.8. The number of rotatable bonds is 7. The standard InChI is InChI=1S/C28H24OP2/c29-21-23-31(27-17-9-3-10-18-27,28-19-11-4-12-20-28)24-22-30(25-13-5-1-6-14-25)26-15-7-2-8-16-26/h1-20H,22,24H2. The summed E-state index contributed by atoms with van der Waals surface area (Å²) in [7, 11) is -0.549. The van der Waals surface area contributed by atoms with Crippen molar-refractivity contribution >= 4 is 47.4 Å². The zero-order valence-corrected chi connectivity index (χ0v) is 19.1. The van der Waals surface area contributed by atoms with Crippen LogP contribution >= 0.6 is 14.8 Å². The van der Waals surface area contributed by atoms with Crippen LogP contribution in [-0.4, -0.2) is 23.7 Å². The van der Waals surface area contributed by atoms with Crippen LogP contribution in [0.25, 0.3) is 0 Å². The molecule has 0 aliphatic heterocycles. The van der Waals surface area contributed by atoms with Gasteiger partial charge in [-0.3, -0.25) is 0 Å². The van der Waals surface area contributed by atoms with E-state index >= 15 is 0 Å². The molecule has 4 aromatic rings. The third kappa shape index (κ3) is 4.89. The van der Waals surface area contributed by atoms with Crippen molar-refractivity contribution in [2.75, 3.05) is 12.3 Å². The molecule has 0 spiro atoms. The van der Waals surface area contributed by atoms with Gasteiger partial charge >= 0.3 is 0 Å². The Hall–Kier alpha value is -2.90. The van der Waals surface area contributed by atoms with Gasteiger partial charge < -0.3 is 0 Å². The Labute approximate surface area is 185 Å². The molecule has 0 N–H and O–H groups in total. The van der Waals surface area contributed by atoms with Crippen molar-refractivity contribution < 1.29 is 4.79 Å². The summed E-state index contributed by atoms with van der Waals surface area (Å²) in [6, 6.07) is 42.3. The minimum absolute atomic E-state index is 0.549. The van der Waals surface area contributed by atoms with Crippen LogP contribution in [-0.2, 0) is 4.79 Å². The number of benzene rings is 4. The van der Waals surface area contributed by atoms with Gasteiger partial charge in [-0.05, 0) is 46.9 Å². The molecular formula is C28H24OP2. The zero-order valence-electron chi connectivity index (χ0n) is 17.3. The minimum atomic E-state index is -2.15. The molecule has 152 valence electrons. The highest BCUT2D eigenvalue weighted by atomic mass is 31.2. The fraction of sp³-hybridized carbons (Fsp3) is 0.0714. The Morgan fingerprint density at radius 3 is 1.35 bits per heavy atom. The van der Waals surface area contributed by atoms with E-state index in [-0.39, 0.29) is 0 Å². The predicted octanol–water partition coefficient (Wildman–Crippen LogP) is 4.58. The van der Waals surface area contributed by atoms with E-state index < -0.39 is 14.8 Å². The molecule has 0 bridgehead atoms. The zero-order chi connectivity index (χ0) is 21.4. The maximum atomic E-state index is 11.7. The lowest BCUT2D eigenvalue weighted by atomic mass is 10.4. The second kappa shape index (κ2) is 10.4. The molecule has 0 radical (unpaired) electrons. The van der Waals surface area contributed by atoms with Crippen LogP contribution in [0.15, 0.2) is 121 Å². The van der Waals surface area contributed by atoms with Crippen LogP contribution in [0.2, 0.25) is 0 Å². The summed E-state index contributed by atoms with van der Waals surface area (Å²) in [6.45, 7) is -2.15. The van der Waals surface area contributed by atoms with Crippen molar-refractivity contribution in [2.45, 2.75) is 0 Å². The highest BCUT2D eigenvalue weighted by Crippen LogP contribution is 2.47. The highest BCUT2D eigenvalue weighted by molar-refractivity contribution is 7.89. The van der Waals surface area contributed by atoms with Crippen LogP contribution in [0.5, 0.6) is 0 Å². The van der Waals surface area contributed by atoms with Gasteiger partial charge in [0.05, 0.1) is 0 Å². The molecule has 0 aromatic heterocycles. The Balaban J connectivity index is 1.82. The van der Waals surface area contributed by atoms with Crippen molar-refractivity contribution in [2.24, 2.45) is 0 Å². The van der Waals surface area contributed by atoms with Crippen molar-refractivity contribution in [3.05, 3.63) is 121 Å². The molecule has 31 heavy (non-hydrogen) atoms. The third-order valence-electron chi connectivity index (χ3n) is 5.43. The van der Waals surface area contributed by atoms with E-state index in [1.54, 1.807) is 0 Å². The summed E-state index contributed by atoms with van der Waals surface area (Å²) in [5.74, 6) is 2.07. The maximum Gasteiger partial charge on any atom is 0.177 e. The molecule has 0 aliphatic rings. The average molecular weight is 438 g/mol. The van der Waals surface area contributed by atoms with E-state index in [0.717, 1.165) is 12.3 Å². The van der Waals surface area contributed by atoms with Crippen LogP contribution in [0.3, 0.4) is 0 Å². The highest BCUT2D eigenvalue weighted by Gasteiger charge is 2.25. The van der Waals surface area contributed by atoms with Crippen molar-refractivity contribution in [3.8, 4) is 0 Å². The van der Waals surface area contributed by atoms with Gasteiger partial charge in [0.15, 0.2) is 5.94 Å². The topological polar surface area (TPSA) is 17.1 Å². The van der Waals surface area contributed by atoms with Gasteiger partial charge in [-0.2, -0.15) is 0 Å². The van der Waals surface area contributed by atoms with Crippen molar-refractivity contribution in [1.82, 2.24) is 0 Å². The van der Waals surface area contributed by atoms with Gasteiger partial charge in [-0.15, -0.1) is 0 Å². The Morgan fingerprint density at radius 2 is 0.968 bits per heavy atom. The fourth-order valence-corrected chi connectivity index (χ4v) is 10.5. The van der Waals surface area contributed by atoms with E-state index in [9.17, 15) is 4.79 Å². The van der Waals surface area contributed by atoms with Gasteiger partial charge in [0.1, 0.15) is 0 Å². The van der Waals surface area contributed by atoms with Crippen LogP contribution < -0.4 is 21.2 Å². The first-order chi connectivity index (χ1) is 15.3. The molecule has 0 saturated carbocycles. The van der Waals surface area contributed by atoms with E-state index in [0.29, 0.717) is 0 Å². The summed E-state index contributed by atoms with van der Waals surface area (Å²) in [4.78, 5) is 11.7. The Bertz CT molecular complexity index is 1130. The minimum Gasteiger partial charge on any atom is -0.224 e. The van der Waals surface area contributed by atoms with E-state index in [1.165, 1.54) is 21.2 Å². The quantitative estimate of drug-likeness (QED) is 0.305. The van der Waals surface area contributed by atoms with Crippen molar-refractivity contribution in [3.63, 3.8) is 0 Å². The van der Waals surface area contributed by atoms with Gasteiger partial charge in [-0.1, -0.05) is 121 Å². The second-order valence-electron chi connectivity index (χ2n) is 7.24. The summed E-state index contributed by atoms with van der Waals surface area (Å²) in [5.41, 5.74) is 3.20. The molecular weight excluding hydrogens is 414 g/mol. The molecule has 0 saturated heterocycles. The SMILES string of the molecule is O=C=C=P(CCP(c1ccccc1)c1ccccc1)(c1ccccc1)c1ccccc1. The third-order valence-corrected chi connectivity index (χ3v) is 12.0. The lowest BCUT2D eigenvalue weighted by Gasteiger charge is -2.27. The summed E-state index contributed by atoms with van der Waals surface area (Å²) >= 11 is 0. The monoisotopic (exact) mass is 438 g/mol. The molecule has 0 heterocycles. The first-order valence-electron chi connectivity index (χ1n) is 10.3. The summed E-state index contributed by atoms with van der Waals surface area (Å²) < 4.78 is 0. The molecule has 0 atom stereocenters. The molecule has 4 aromatic carbocycles. The molecule has 0 aliphatic carbocycles. The van der Waals surface area contributed by atoms with Crippen LogP contribution in [0.4, 0.5) is 0 Å². The molecule has 4 rings (SSSR count). The first kappa shape index (κ1) is 21.3. The molecule has 0 fully saturated rings. The summed E-state index contributed by atoms with van der Waals surface area (Å²) in [6.07, 6.45) is 1.86. The Kier molecular flexibility index (Phi) is 7.17. The lowest BCUT2D eigenvalue weighted by molar-refractivity contribution is 0.571. The molecule has 1 nitrogen and oxygen atoms in total. The van der Waals surface area contributed by atoms with E-state index in [2.05, 4.69) is 121 Å². The molecule has 3 heteroatoms. The second-order valence-corrected chi connectivity index (χ2v) is 12.9. The van der Waals surface area contributed by atoms with Crippen LogP contribution in [0, 0.1) is 0 Å². The Morgan fingerprint density at radius 1 is 0.581 bits per heavy atom. The van der Waals surface area contributed by atoms with Gasteiger partial charge in [0, 0.05) is 6.89 Å². The van der Waals surface area contributed by atoms with Gasteiger partial charge in [0.2, 0.25) is 0 Å². The normalized spacial score (nSPS) is 11.0. The molecule has 0 unspecified atom stereocenters. The number of hydrogen-bond donors (Lipinski definition) is 0. The van der Waals surface area contributed by atoms with Crippen LogP contribution in [0.1, 0.15) is 0 Å². The van der Waals surface area contributed by atoms with Gasteiger partial charge in [0.25, 0.3) is 0 Å². The molecule has 0 amide bonds.